The zero-order valence-electron chi connectivity index (χ0n) is 10.5. The molecule has 1 heterocycles. The number of hydrogen-bond acceptors (Lipinski definition) is 3. The van der Waals surface area contributed by atoms with E-state index in [4.69, 9.17) is 0 Å². The van der Waals surface area contributed by atoms with Crippen LogP contribution in [0, 0.1) is 11.3 Å². The molecule has 16 heavy (non-hydrogen) atoms. The number of nitrogens with zero attached hydrogens (tertiary/aromatic N) is 3. The Morgan fingerprint density at radius 3 is 2.88 bits per heavy atom. The van der Waals surface area contributed by atoms with Crippen LogP contribution < -0.4 is 5.32 Å². The standard InChI is InChI=1S/C12H22N4/c1-10(2)7-16-11(14-9-15-16)6-13-8-12(3)4-5-12/h9-10,13H,4-8H2,1-3H3. The molecule has 0 amide bonds. The van der Waals surface area contributed by atoms with Gasteiger partial charge in [0.05, 0.1) is 6.54 Å². The Hall–Kier alpha value is -0.900. The van der Waals surface area contributed by atoms with Crippen molar-refractivity contribution in [2.45, 2.75) is 46.7 Å². The molecule has 2 rings (SSSR count). The molecule has 0 atom stereocenters. The van der Waals surface area contributed by atoms with Gasteiger partial charge in [0.2, 0.25) is 0 Å². The van der Waals surface area contributed by atoms with E-state index in [2.05, 4.69) is 36.2 Å². The predicted molar refractivity (Wildman–Crippen MR) is 63.9 cm³/mol. The quantitative estimate of drug-likeness (QED) is 0.798. The van der Waals surface area contributed by atoms with Crippen LogP contribution in [0.1, 0.15) is 39.4 Å². The third kappa shape index (κ3) is 3.04. The van der Waals surface area contributed by atoms with Gasteiger partial charge in [-0.2, -0.15) is 5.10 Å². The lowest BCUT2D eigenvalue weighted by atomic mass is 10.1. The molecule has 0 aromatic carbocycles. The highest BCUT2D eigenvalue weighted by molar-refractivity contribution is 4.92. The first-order valence-electron chi connectivity index (χ1n) is 6.16. The van der Waals surface area contributed by atoms with Gasteiger partial charge in [-0.25, -0.2) is 9.67 Å². The van der Waals surface area contributed by atoms with Gasteiger partial charge in [-0.05, 0) is 24.2 Å². The molecule has 1 aliphatic carbocycles. The minimum atomic E-state index is 0.558. The Kier molecular flexibility index (Phi) is 3.28. The molecule has 90 valence electrons. The van der Waals surface area contributed by atoms with Crippen LogP contribution in [0.2, 0.25) is 0 Å². The molecule has 4 nitrogen and oxygen atoms in total. The summed E-state index contributed by atoms with van der Waals surface area (Å²) in [6, 6.07) is 0. The van der Waals surface area contributed by atoms with Gasteiger partial charge in [-0.1, -0.05) is 20.8 Å². The first kappa shape index (κ1) is 11.6. The Morgan fingerprint density at radius 2 is 2.25 bits per heavy atom. The monoisotopic (exact) mass is 222 g/mol. The van der Waals surface area contributed by atoms with E-state index >= 15 is 0 Å². The molecule has 1 saturated carbocycles. The number of hydrogen-bond donors (Lipinski definition) is 1. The molecule has 1 aromatic rings. The second-order valence-corrected chi connectivity index (χ2v) is 5.67. The summed E-state index contributed by atoms with van der Waals surface area (Å²) in [5, 5.41) is 7.73. The first-order chi connectivity index (χ1) is 7.59. The fourth-order valence-corrected chi connectivity index (χ4v) is 1.79. The van der Waals surface area contributed by atoms with E-state index in [1.165, 1.54) is 12.8 Å². The molecule has 0 bridgehead atoms. The van der Waals surface area contributed by atoms with Gasteiger partial charge >= 0.3 is 0 Å². The summed E-state index contributed by atoms with van der Waals surface area (Å²) in [4.78, 5) is 4.30. The molecular weight excluding hydrogens is 200 g/mol. The fourth-order valence-electron chi connectivity index (χ4n) is 1.79. The van der Waals surface area contributed by atoms with Gasteiger partial charge in [-0.3, -0.25) is 0 Å². The van der Waals surface area contributed by atoms with Crippen molar-refractivity contribution in [1.29, 1.82) is 0 Å². The van der Waals surface area contributed by atoms with Gasteiger partial charge < -0.3 is 5.32 Å². The van der Waals surface area contributed by atoms with Gasteiger partial charge in [0.15, 0.2) is 0 Å². The summed E-state index contributed by atoms with van der Waals surface area (Å²) in [7, 11) is 0. The van der Waals surface area contributed by atoms with Crippen molar-refractivity contribution in [2.24, 2.45) is 11.3 Å². The van der Waals surface area contributed by atoms with Crippen LogP contribution in [-0.4, -0.2) is 21.3 Å². The maximum absolute atomic E-state index is 4.30. The first-order valence-corrected chi connectivity index (χ1v) is 6.16. The van der Waals surface area contributed by atoms with Gasteiger partial charge in [0, 0.05) is 13.1 Å². The molecular formula is C12H22N4. The zero-order valence-corrected chi connectivity index (χ0v) is 10.5. The van der Waals surface area contributed by atoms with Crippen molar-refractivity contribution >= 4 is 0 Å². The smallest absolute Gasteiger partial charge is 0.140 e. The molecule has 4 heteroatoms. The van der Waals surface area contributed by atoms with E-state index in [0.717, 1.165) is 25.5 Å². The van der Waals surface area contributed by atoms with Crippen molar-refractivity contribution in [2.75, 3.05) is 6.54 Å². The Morgan fingerprint density at radius 1 is 1.50 bits per heavy atom. The van der Waals surface area contributed by atoms with Crippen molar-refractivity contribution in [1.82, 2.24) is 20.1 Å². The van der Waals surface area contributed by atoms with Crippen LogP contribution >= 0.6 is 0 Å². The normalized spacial score (nSPS) is 18.0. The molecule has 1 aromatic heterocycles. The van der Waals surface area contributed by atoms with Crippen LogP contribution in [0.15, 0.2) is 6.33 Å². The number of rotatable bonds is 6. The number of aromatic nitrogens is 3. The lowest BCUT2D eigenvalue weighted by Gasteiger charge is -2.11. The largest absolute Gasteiger partial charge is 0.309 e. The predicted octanol–water partition coefficient (Wildman–Crippen LogP) is 1.82. The van der Waals surface area contributed by atoms with E-state index in [0.29, 0.717) is 11.3 Å². The lowest BCUT2D eigenvalue weighted by molar-refractivity contribution is 0.442. The molecule has 1 fully saturated rings. The molecule has 1 N–H and O–H groups in total. The highest BCUT2D eigenvalue weighted by Gasteiger charge is 2.36. The highest BCUT2D eigenvalue weighted by atomic mass is 15.3. The maximum atomic E-state index is 4.30. The van der Waals surface area contributed by atoms with Crippen molar-refractivity contribution < 1.29 is 0 Å². The summed E-state index contributed by atoms with van der Waals surface area (Å²) in [6.45, 7) is 9.62. The average molecular weight is 222 g/mol. The van der Waals surface area contributed by atoms with E-state index in [1.54, 1.807) is 6.33 Å². The Labute approximate surface area is 97.5 Å². The maximum Gasteiger partial charge on any atom is 0.140 e. The summed E-state index contributed by atoms with van der Waals surface area (Å²) < 4.78 is 2.01. The molecule has 0 saturated heterocycles. The topological polar surface area (TPSA) is 42.7 Å². The van der Waals surface area contributed by atoms with E-state index < -0.39 is 0 Å². The average Bonchev–Trinajstić information content (AvgIpc) is 2.77. The van der Waals surface area contributed by atoms with Gasteiger partial charge in [-0.15, -0.1) is 0 Å². The molecule has 0 spiro atoms. The molecule has 1 aliphatic rings. The summed E-state index contributed by atoms with van der Waals surface area (Å²) >= 11 is 0. The number of nitrogens with one attached hydrogen (secondary N) is 1. The highest BCUT2D eigenvalue weighted by Crippen LogP contribution is 2.44. The van der Waals surface area contributed by atoms with Crippen LogP contribution in [-0.2, 0) is 13.1 Å². The summed E-state index contributed by atoms with van der Waals surface area (Å²) in [5.74, 6) is 1.67. The SMILES string of the molecule is CC(C)Cn1ncnc1CNCC1(C)CC1. The fraction of sp³-hybridized carbons (Fsp3) is 0.833. The van der Waals surface area contributed by atoms with Crippen LogP contribution in [0.5, 0.6) is 0 Å². The van der Waals surface area contributed by atoms with Crippen LogP contribution in [0.25, 0.3) is 0 Å². The van der Waals surface area contributed by atoms with Crippen molar-refractivity contribution in [3.63, 3.8) is 0 Å². The van der Waals surface area contributed by atoms with E-state index in [1.807, 2.05) is 4.68 Å². The molecule has 0 radical (unpaired) electrons. The van der Waals surface area contributed by atoms with Crippen molar-refractivity contribution in [3.8, 4) is 0 Å². The van der Waals surface area contributed by atoms with Gasteiger partial charge in [0.25, 0.3) is 0 Å². The van der Waals surface area contributed by atoms with Gasteiger partial charge in [0.1, 0.15) is 12.2 Å². The van der Waals surface area contributed by atoms with E-state index in [-0.39, 0.29) is 0 Å². The summed E-state index contributed by atoms with van der Waals surface area (Å²) in [5.41, 5.74) is 0.558. The lowest BCUT2D eigenvalue weighted by Crippen LogP contribution is -2.24. The summed E-state index contributed by atoms with van der Waals surface area (Å²) in [6.07, 6.45) is 4.37. The third-order valence-electron chi connectivity index (χ3n) is 3.17. The van der Waals surface area contributed by atoms with Crippen LogP contribution in [0.4, 0.5) is 0 Å². The Bertz CT molecular complexity index is 339. The second kappa shape index (κ2) is 4.53. The minimum absolute atomic E-state index is 0.558. The minimum Gasteiger partial charge on any atom is -0.309 e. The van der Waals surface area contributed by atoms with Crippen molar-refractivity contribution in [3.05, 3.63) is 12.2 Å². The molecule has 0 aliphatic heterocycles. The third-order valence-corrected chi connectivity index (χ3v) is 3.17. The van der Waals surface area contributed by atoms with Crippen LogP contribution in [0.3, 0.4) is 0 Å². The van der Waals surface area contributed by atoms with E-state index in [9.17, 15) is 0 Å². The zero-order chi connectivity index (χ0) is 11.6. The second-order valence-electron chi connectivity index (χ2n) is 5.67. The Balaban J connectivity index is 1.81. The molecule has 0 unspecified atom stereocenters.